The lowest BCUT2D eigenvalue weighted by molar-refractivity contribution is -0.126. The van der Waals surface area contributed by atoms with Gasteiger partial charge in [0.25, 0.3) is 0 Å². The van der Waals surface area contributed by atoms with Crippen molar-refractivity contribution in [3.63, 3.8) is 0 Å². The van der Waals surface area contributed by atoms with Gasteiger partial charge in [-0.1, -0.05) is 50.6 Å². The van der Waals surface area contributed by atoms with Crippen LogP contribution in [0, 0.1) is 17.3 Å². The molecule has 1 saturated carbocycles. The summed E-state index contributed by atoms with van der Waals surface area (Å²) in [5, 5.41) is 3.76. The summed E-state index contributed by atoms with van der Waals surface area (Å²) in [5.41, 5.74) is 1.34. The molecule has 0 bridgehead atoms. The zero-order chi connectivity index (χ0) is 15.5. The smallest absolute Gasteiger partial charge is 0.223 e. The fourth-order valence-corrected chi connectivity index (χ4v) is 3.39. The molecule has 1 aliphatic carbocycles. The first-order valence-corrected chi connectivity index (χ1v) is 8.27. The van der Waals surface area contributed by atoms with E-state index in [1.165, 1.54) is 0 Å². The van der Waals surface area contributed by atoms with Gasteiger partial charge in [-0.05, 0) is 48.6 Å². The molecule has 3 heteroatoms. The number of carbonyl (C=O) groups is 1. The van der Waals surface area contributed by atoms with Crippen molar-refractivity contribution in [2.24, 2.45) is 17.3 Å². The number of benzene rings is 1. The van der Waals surface area contributed by atoms with Gasteiger partial charge in [0.05, 0.1) is 0 Å². The van der Waals surface area contributed by atoms with Crippen molar-refractivity contribution in [2.45, 2.75) is 53.0 Å². The van der Waals surface area contributed by atoms with E-state index in [2.05, 4.69) is 26.1 Å². The van der Waals surface area contributed by atoms with Crippen LogP contribution in [-0.2, 0) is 11.3 Å². The standard InChI is InChI=1S/C18H26ClNO/c1-18(2,3)15-10-8-13(9-11-15)17(21)20-12-14-6-4-5-7-16(14)19/h4-7,13,15H,8-12H2,1-3H3,(H,20,21). The molecule has 0 spiro atoms. The first kappa shape index (κ1) is 16.4. The molecule has 0 saturated heterocycles. The minimum Gasteiger partial charge on any atom is -0.352 e. The van der Waals surface area contributed by atoms with Crippen LogP contribution in [-0.4, -0.2) is 5.91 Å². The third-order valence-electron chi connectivity index (χ3n) is 4.73. The van der Waals surface area contributed by atoms with Crippen LogP contribution in [0.3, 0.4) is 0 Å². The van der Waals surface area contributed by atoms with Gasteiger partial charge in [0, 0.05) is 17.5 Å². The molecule has 0 unspecified atom stereocenters. The van der Waals surface area contributed by atoms with Gasteiger partial charge in [-0.3, -0.25) is 4.79 Å². The molecule has 21 heavy (non-hydrogen) atoms. The molecule has 0 aliphatic heterocycles. The Hall–Kier alpha value is -1.02. The second-order valence-corrected chi connectivity index (χ2v) is 7.63. The van der Waals surface area contributed by atoms with Crippen molar-refractivity contribution < 1.29 is 4.79 Å². The van der Waals surface area contributed by atoms with Crippen LogP contribution in [0.5, 0.6) is 0 Å². The SMILES string of the molecule is CC(C)(C)C1CCC(C(=O)NCc2ccccc2Cl)CC1. The van der Waals surface area contributed by atoms with Gasteiger partial charge >= 0.3 is 0 Å². The molecule has 0 atom stereocenters. The number of hydrogen-bond acceptors (Lipinski definition) is 1. The van der Waals surface area contributed by atoms with Crippen molar-refractivity contribution in [3.05, 3.63) is 34.9 Å². The summed E-state index contributed by atoms with van der Waals surface area (Å²) < 4.78 is 0. The Kier molecular flexibility index (Phi) is 5.32. The van der Waals surface area contributed by atoms with Gasteiger partial charge in [-0.15, -0.1) is 0 Å². The summed E-state index contributed by atoms with van der Waals surface area (Å²) in [5.74, 6) is 1.10. The molecule has 1 aliphatic rings. The summed E-state index contributed by atoms with van der Waals surface area (Å²) >= 11 is 6.11. The monoisotopic (exact) mass is 307 g/mol. The topological polar surface area (TPSA) is 29.1 Å². The van der Waals surface area contributed by atoms with E-state index in [0.717, 1.165) is 37.2 Å². The molecule has 0 radical (unpaired) electrons. The highest BCUT2D eigenvalue weighted by Crippen LogP contribution is 2.39. The average Bonchev–Trinajstić information content (AvgIpc) is 2.45. The van der Waals surface area contributed by atoms with Crippen LogP contribution >= 0.6 is 11.6 Å². The van der Waals surface area contributed by atoms with E-state index in [4.69, 9.17) is 11.6 Å². The molecular weight excluding hydrogens is 282 g/mol. The van der Waals surface area contributed by atoms with Crippen LogP contribution in [0.15, 0.2) is 24.3 Å². The molecule has 116 valence electrons. The predicted octanol–water partition coefficient (Wildman–Crippen LogP) is 4.81. The Morgan fingerprint density at radius 2 is 1.81 bits per heavy atom. The minimum absolute atomic E-state index is 0.172. The number of rotatable bonds is 3. The maximum Gasteiger partial charge on any atom is 0.223 e. The number of nitrogens with one attached hydrogen (secondary N) is 1. The zero-order valence-corrected chi connectivity index (χ0v) is 14.0. The molecule has 0 aromatic heterocycles. The van der Waals surface area contributed by atoms with E-state index in [1.54, 1.807) is 0 Å². The lowest BCUT2D eigenvalue weighted by atomic mass is 9.69. The Labute approximate surface area is 133 Å². The fraction of sp³-hybridized carbons (Fsp3) is 0.611. The number of halogens is 1. The Morgan fingerprint density at radius 1 is 1.19 bits per heavy atom. The number of carbonyl (C=O) groups excluding carboxylic acids is 1. The van der Waals surface area contributed by atoms with Crippen LogP contribution < -0.4 is 5.32 Å². The third kappa shape index (κ3) is 4.47. The Morgan fingerprint density at radius 3 is 2.38 bits per heavy atom. The predicted molar refractivity (Wildman–Crippen MR) is 88.2 cm³/mol. The fourth-order valence-electron chi connectivity index (χ4n) is 3.19. The van der Waals surface area contributed by atoms with Gasteiger partial charge in [0.15, 0.2) is 0 Å². The van der Waals surface area contributed by atoms with Gasteiger partial charge in [0.1, 0.15) is 0 Å². The van der Waals surface area contributed by atoms with E-state index in [-0.39, 0.29) is 11.8 Å². The molecule has 1 aromatic rings. The second kappa shape index (κ2) is 6.83. The molecule has 1 aromatic carbocycles. The Bertz CT molecular complexity index is 484. The maximum atomic E-state index is 12.3. The van der Waals surface area contributed by atoms with Crippen LogP contribution in [0.2, 0.25) is 5.02 Å². The summed E-state index contributed by atoms with van der Waals surface area (Å²) in [6, 6.07) is 7.67. The first-order valence-electron chi connectivity index (χ1n) is 7.89. The van der Waals surface area contributed by atoms with E-state index in [9.17, 15) is 4.79 Å². The highest BCUT2D eigenvalue weighted by Gasteiger charge is 2.32. The summed E-state index contributed by atoms with van der Waals surface area (Å²) in [4.78, 5) is 12.3. The van der Waals surface area contributed by atoms with Crippen molar-refractivity contribution in [1.29, 1.82) is 0 Å². The van der Waals surface area contributed by atoms with Gasteiger partial charge in [-0.25, -0.2) is 0 Å². The average molecular weight is 308 g/mol. The lowest BCUT2D eigenvalue weighted by Gasteiger charge is -2.36. The van der Waals surface area contributed by atoms with Crippen molar-refractivity contribution in [3.8, 4) is 0 Å². The quantitative estimate of drug-likeness (QED) is 0.853. The van der Waals surface area contributed by atoms with Crippen molar-refractivity contribution in [1.82, 2.24) is 5.32 Å². The van der Waals surface area contributed by atoms with Crippen LogP contribution in [0.25, 0.3) is 0 Å². The van der Waals surface area contributed by atoms with Crippen molar-refractivity contribution in [2.75, 3.05) is 0 Å². The normalized spacial score (nSPS) is 22.9. The van der Waals surface area contributed by atoms with Crippen LogP contribution in [0.1, 0.15) is 52.0 Å². The van der Waals surface area contributed by atoms with E-state index >= 15 is 0 Å². The molecule has 1 amide bonds. The third-order valence-corrected chi connectivity index (χ3v) is 5.10. The van der Waals surface area contributed by atoms with E-state index in [0.29, 0.717) is 17.0 Å². The highest BCUT2D eigenvalue weighted by atomic mass is 35.5. The largest absolute Gasteiger partial charge is 0.352 e. The minimum atomic E-state index is 0.172. The number of amides is 1. The Balaban J connectivity index is 1.82. The van der Waals surface area contributed by atoms with Gasteiger partial charge in [0.2, 0.25) is 5.91 Å². The molecule has 0 heterocycles. The van der Waals surface area contributed by atoms with Gasteiger partial charge < -0.3 is 5.32 Å². The molecular formula is C18H26ClNO. The molecule has 2 nitrogen and oxygen atoms in total. The van der Waals surface area contributed by atoms with Gasteiger partial charge in [-0.2, -0.15) is 0 Å². The molecule has 1 fully saturated rings. The number of hydrogen-bond donors (Lipinski definition) is 1. The summed E-state index contributed by atoms with van der Waals surface area (Å²) in [6.07, 6.45) is 4.34. The van der Waals surface area contributed by atoms with Crippen LogP contribution in [0.4, 0.5) is 0 Å². The van der Waals surface area contributed by atoms with E-state index < -0.39 is 0 Å². The zero-order valence-electron chi connectivity index (χ0n) is 13.3. The summed E-state index contributed by atoms with van der Waals surface area (Å²) in [6.45, 7) is 7.43. The summed E-state index contributed by atoms with van der Waals surface area (Å²) in [7, 11) is 0. The first-order chi connectivity index (χ1) is 9.88. The molecule has 1 N–H and O–H groups in total. The maximum absolute atomic E-state index is 12.3. The highest BCUT2D eigenvalue weighted by molar-refractivity contribution is 6.31. The lowest BCUT2D eigenvalue weighted by Crippen LogP contribution is -2.35. The molecule has 2 rings (SSSR count). The van der Waals surface area contributed by atoms with Crippen molar-refractivity contribution >= 4 is 17.5 Å². The van der Waals surface area contributed by atoms with E-state index in [1.807, 2.05) is 24.3 Å². The second-order valence-electron chi connectivity index (χ2n) is 7.22.